The predicted octanol–water partition coefficient (Wildman–Crippen LogP) is 2.90. The van der Waals surface area contributed by atoms with Gasteiger partial charge in [-0.05, 0) is 42.8 Å². The van der Waals surface area contributed by atoms with Crippen LogP contribution < -0.4 is 15.2 Å². The van der Waals surface area contributed by atoms with Gasteiger partial charge in [0.15, 0.2) is 0 Å². The molecule has 2 aromatic rings. The second-order valence-corrected chi connectivity index (χ2v) is 4.68. The molecule has 2 N–H and O–H groups in total. The Balaban J connectivity index is 1.89. The van der Waals surface area contributed by atoms with Crippen LogP contribution in [0.25, 0.3) is 0 Å². The topological polar surface area (TPSA) is 87.6 Å². The van der Waals surface area contributed by atoms with Gasteiger partial charge in [0.1, 0.15) is 18.1 Å². The highest BCUT2D eigenvalue weighted by molar-refractivity contribution is 5.35. The van der Waals surface area contributed by atoms with Gasteiger partial charge in [-0.15, -0.1) is 0 Å². The maximum Gasteiger partial charge on any atom is 0.269 e. The molecule has 2 aromatic carbocycles. The summed E-state index contributed by atoms with van der Waals surface area (Å²) in [6, 6.07) is 13.6. The number of ether oxygens (including phenoxy) is 2. The molecule has 0 fully saturated rings. The fraction of sp³-hybridized carbons (Fsp3) is 0.250. The molecule has 0 aromatic heterocycles. The van der Waals surface area contributed by atoms with E-state index in [1.807, 2.05) is 12.1 Å². The Kier molecular flexibility index (Phi) is 5.73. The second kappa shape index (κ2) is 7.99. The minimum atomic E-state index is -0.420. The molecule has 6 heteroatoms. The van der Waals surface area contributed by atoms with Crippen LogP contribution in [0.5, 0.6) is 11.5 Å². The second-order valence-electron chi connectivity index (χ2n) is 4.68. The van der Waals surface area contributed by atoms with Crippen molar-refractivity contribution < 1.29 is 14.4 Å². The highest BCUT2D eigenvalue weighted by atomic mass is 16.6. The van der Waals surface area contributed by atoms with E-state index in [9.17, 15) is 10.1 Å². The van der Waals surface area contributed by atoms with Crippen LogP contribution in [0.2, 0.25) is 0 Å². The van der Waals surface area contributed by atoms with E-state index in [1.165, 1.54) is 12.1 Å². The highest BCUT2D eigenvalue weighted by Gasteiger charge is 2.06. The van der Waals surface area contributed by atoms with E-state index in [1.54, 1.807) is 24.3 Å². The SMILES string of the molecule is NCCCOc1ccc(OCc2cccc([N+](=O)[O-])c2)cc1. The van der Waals surface area contributed by atoms with Gasteiger partial charge in [-0.2, -0.15) is 0 Å². The zero-order valence-electron chi connectivity index (χ0n) is 12.1. The Morgan fingerprint density at radius 1 is 1.05 bits per heavy atom. The standard InChI is InChI=1S/C16H18N2O4/c17-9-2-10-21-15-5-7-16(8-6-15)22-12-13-3-1-4-14(11-13)18(19)20/h1,3-8,11H,2,9-10,12,17H2. The van der Waals surface area contributed by atoms with Gasteiger partial charge in [-0.3, -0.25) is 10.1 Å². The summed E-state index contributed by atoms with van der Waals surface area (Å²) in [6.07, 6.45) is 0.811. The van der Waals surface area contributed by atoms with Crippen LogP contribution in [-0.2, 0) is 6.61 Å². The first kappa shape index (κ1) is 15.8. The Morgan fingerprint density at radius 3 is 2.36 bits per heavy atom. The van der Waals surface area contributed by atoms with E-state index in [4.69, 9.17) is 15.2 Å². The largest absolute Gasteiger partial charge is 0.494 e. The lowest BCUT2D eigenvalue weighted by Crippen LogP contribution is -2.06. The van der Waals surface area contributed by atoms with Gasteiger partial charge in [0.05, 0.1) is 11.5 Å². The molecule has 0 aliphatic heterocycles. The fourth-order valence-electron chi connectivity index (χ4n) is 1.83. The molecule has 116 valence electrons. The van der Waals surface area contributed by atoms with Crippen LogP contribution in [-0.4, -0.2) is 18.1 Å². The van der Waals surface area contributed by atoms with Gasteiger partial charge in [0.25, 0.3) is 5.69 Å². The van der Waals surface area contributed by atoms with Crippen LogP contribution in [0.4, 0.5) is 5.69 Å². The van der Waals surface area contributed by atoms with Crippen LogP contribution >= 0.6 is 0 Å². The van der Waals surface area contributed by atoms with Crippen molar-refractivity contribution in [1.29, 1.82) is 0 Å². The van der Waals surface area contributed by atoms with Gasteiger partial charge >= 0.3 is 0 Å². The van der Waals surface area contributed by atoms with Crippen molar-refractivity contribution in [2.24, 2.45) is 5.73 Å². The molecule has 0 atom stereocenters. The number of nitro groups is 1. The van der Waals surface area contributed by atoms with E-state index in [2.05, 4.69) is 0 Å². The van der Waals surface area contributed by atoms with Crippen molar-refractivity contribution in [2.45, 2.75) is 13.0 Å². The molecular formula is C16H18N2O4. The van der Waals surface area contributed by atoms with Crippen molar-refractivity contribution in [3.63, 3.8) is 0 Å². The lowest BCUT2D eigenvalue weighted by molar-refractivity contribution is -0.384. The Hall–Kier alpha value is -2.60. The molecule has 0 amide bonds. The van der Waals surface area contributed by atoms with Crippen LogP contribution in [0.15, 0.2) is 48.5 Å². The summed E-state index contributed by atoms with van der Waals surface area (Å²) < 4.78 is 11.1. The molecule has 0 bridgehead atoms. The number of benzene rings is 2. The van der Waals surface area contributed by atoms with Gasteiger partial charge < -0.3 is 15.2 Å². The molecule has 0 aliphatic rings. The number of non-ortho nitro benzene ring substituents is 1. The molecule has 6 nitrogen and oxygen atoms in total. The zero-order valence-corrected chi connectivity index (χ0v) is 12.1. The van der Waals surface area contributed by atoms with Crippen molar-refractivity contribution in [2.75, 3.05) is 13.2 Å². The number of nitrogens with two attached hydrogens (primary N) is 1. The van der Waals surface area contributed by atoms with Gasteiger partial charge in [-0.25, -0.2) is 0 Å². The van der Waals surface area contributed by atoms with E-state index in [0.717, 1.165) is 17.7 Å². The molecule has 0 saturated heterocycles. The Morgan fingerprint density at radius 2 is 1.73 bits per heavy atom. The average molecular weight is 302 g/mol. The fourth-order valence-corrected chi connectivity index (χ4v) is 1.83. The zero-order chi connectivity index (χ0) is 15.8. The minimum absolute atomic E-state index is 0.0600. The third kappa shape index (κ3) is 4.75. The average Bonchev–Trinajstić information content (AvgIpc) is 2.54. The van der Waals surface area contributed by atoms with E-state index >= 15 is 0 Å². The quantitative estimate of drug-likeness (QED) is 0.460. The molecule has 0 spiro atoms. The first-order valence-electron chi connectivity index (χ1n) is 6.98. The van der Waals surface area contributed by atoms with Gasteiger partial charge in [-0.1, -0.05) is 12.1 Å². The number of nitro benzene ring substituents is 1. The van der Waals surface area contributed by atoms with Gasteiger partial charge in [0.2, 0.25) is 0 Å². The number of rotatable bonds is 8. The third-order valence-corrected chi connectivity index (χ3v) is 2.97. The molecular weight excluding hydrogens is 284 g/mol. The van der Waals surface area contributed by atoms with Gasteiger partial charge in [0, 0.05) is 12.1 Å². The van der Waals surface area contributed by atoms with E-state index in [0.29, 0.717) is 18.9 Å². The molecule has 0 aliphatic carbocycles. The maximum absolute atomic E-state index is 10.7. The summed E-state index contributed by atoms with van der Waals surface area (Å²) >= 11 is 0. The normalized spacial score (nSPS) is 10.2. The van der Waals surface area contributed by atoms with E-state index in [-0.39, 0.29) is 12.3 Å². The van der Waals surface area contributed by atoms with Crippen molar-refractivity contribution >= 4 is 5.69 Å². The van der Waals surface area contributed by atoms with Crippen LogP contribution in [0.1, 0.15) is 12.0 Å². The summed E-state index contributed by atoms with van der Waals surface area (Å²) in [4.78, 5) is 10.3. The lowest BCUT2D eigenvalue weighted by Gasteiger charge is -2.08. The van der Waals surface area contributed by atoms with Crippen molar-refractivity contribution in [3.8, 4) is 11.5 Å². The Labute approximate surface area is 128 Å². The smallest absolute Gasteiger partial charge is 0.269 e. The van der Waals surface area contributed by atoms with Crippen LogP contribution in [0.3, 0.4) is 0 Å². The predicted molar refractivity (Wildman–Crippen MR) is 83.0 cm³/mol. The van der Waals surface area contributed by atoms with Crippen molar-refractivity contribution in [1.82, 2.24) is 0 Å². The first-order valence-corrected chi connectivity index (χ1v) is 6.98. The van der Waals surface area contributed by atoms with Crippen molar-refractivity contribution in [3.05, 3.63) is 64.2 Å². The Bertz CT molecular complexity index is 614. The number of nitrogens with zero attached hydrogens (tertiary/aromatic N) is 1. The monoisotopic (exact) mass is 302 g/mol. The van der Waals surface area contributed by atoms with Crippen LogP contribution in [0, 0.1) is 10.1 Å². The summed E-state index contributed by atoms with van der Waals surface area (Å²) in [5, 5.41) is 10.7. The molecule has 0 unspecified atom stereocenters. The summed E-state index contributed by atoms with van der Waals surface area (Å²) in [5.74, 6) is 1.44. The summed E-state index contributed by atoms with van der Waals surface area (Å²) in [6.45, 7) is 1.46. The molecule has 2 rings (SSSR count). The number of hydrogen-bond acceptors (Lipinski definition) is 5. The highest BCUT2D eigenvalue weighted by Crippen LogP contribution is 2.20. The molecule has 22 heavy (non-hydrogen) atoms. The molecule has 0 heterocycles. The minimum Gasteiger partial charge on any atom is -0.494 e. The van der Waals surface area contributed by atoms with E-state index < -0.39 is 4.92 Å². The summed E-state index contributed by atoms with van der Waals surface area (Å²) in [7, 11) is 0. The number of hydrogen-bond donors (Lipinski definition) is 1. The molecule has 0 saturated carbocycles. The molecule has 0 radical (unpaired) electrons. The third-order valence-electron chi connectivity index (χ3n) is 2.97. The lowest BCUT2D eigenvalue weighted by atomic mass is 10.2. The summed E-state index contributed by atoms with van der Waals surface area (Å²) in [5.41, 5.74) is 6.21. The first-order chi connectivity index (χ1) is 10.7. The maximum atomic E-state index is 10.7.